The minimum atomic E-state index is -0.104. The number of hydrogen-bond acceptors (Lipinski definition) is 3. The molecule has 0 aliphatic rings. The minimum Gasteiger partial charge on any atom is -0.443 e. The zero-order valence-corrected chi connectivity index (χ0v) is 11.9. The van der Waals surface area contributed by atoms with Gasteiger partial charge in [0.15, 0.2) is 12.0 Å². The van der Waals surface area contributed by atoms with Crippen LogP contribution in [0.1, 0.15) is 15.9 Å². The first-order valence-electron chi connectivity index (χ1n) is 6.58. The summed E-state index contributed by atoms with van der Waals surface area (Å²) < 4.78 is 5.26. The zero-order chi connectivity index (χ0) is 14.7. The molecule has 1 amide bonds. The number of rotatable bonds is 4. The van der Waals surface area contributed by atoms with E-state index < -0.39 is 0 Å². The van der Waals surface area contributed by atoms with Crippen molar-refractivity contribution in [3.63, 3.8) is 0 Å². The number of carbonyl (C=O) groups excluding carboxylic acids is 1. The molecule has 1 aromatic heterocycles. The minimum absolute atomic E-state index is 0.104. The lowest BCUT2D eigenvalue weighted by Crippen LogP contribution is -2.25. The highest BCUT2D eigenvalue weighted by atomic mass is 35.5. The summed E-state index contributed by atoms with van der Waals surface area (Å²) in [4.78, 5) is 16.0. The third-order valence-electron chi connectivity index (χ3n) is 3.20. The van der Waals surface area contributed by atoms with Crippen LogP contribution in [0.4, 0.5) is 0 Å². The van der Waals surface area contributed by atoms with Gasteiger partial charge in [0.2, 0.25) is 0 Å². The number of oxazole rings is 1. The van der Waals surface area contributed by atoms with Gasteiger partial charge in [0.05, 0.1) is 0 Å². The monoisotopic (exact) mass is 300 g/mol. The summed E-state index contributed by atoms with van der Waals surface area (Å²) in [5.41, 5.74) is 3.29. The van der Waals surface area contributed by atoms with Gasteiger partial charge in [0, 0.05) is 17.1 Å². The lowest BCUT2D eigenvalue weighted by atomic mass is 10.1. The highest BCUT2D eigenvalue weighted by molar-refractivity contribution is 6.30. The van der Waals surface area contributed by atoms with Crippen LogP contribution in [0.3, 0.4) is 0 Å². The predicted octanol–water partition coefficient (Wildman–Crippen LogP) is 3.45. The van der Waals surface area contributed by atoms with Crippen molar-refractivity contribution < 1.29 is 9.21 Å². The number of fused-ring (bicyclic) bond motifs is 1. The molecule has 3 aromatic rings. The summed E-state index contributed by atoms with van der Waals surface area (Å²) in [6.45, 7) is 0.557. The van der Waals surface area contributed by atoms with E-state index in [4.69, 9.17) is 16.0 Å². The predicted molar refractivity (Wildman–Crippen MR) is 81.5 cm³/mol. The Kier molecular flexibility index (Phi) is 3.88. The van der Waals surface area contributed by atoms with Crippen molar-refractivity contribution >= 4 is 28.6 Å². The van der Waals surface area contributed by atoms with Gasteiger partial charge >= 0.3 is 0 Å². The highest BCUT2D eigenvalue weighted by Gasteiger charge is 2.05. The van der Waals surface area contributed by atoms with Crippen LogP contribution in [0.2, 0.25) is 5.02 Å². The van der Waals surface area contributed by atoms with E-state index in [1.54, 1.807) is 24.3 Å². The number of nitrogens with one attached hydrogen (secondary N) is 1. The Balaban J connectivity index is 1.57. The molecular weight excluding hydrogens is 288 g/mol. The number of hydrogen-bond donors (Lipinski definition) is 1. The first kappa shape index (κ1) is 13.6. The van der Waals surface area contributed by atoms with E-state index in [1.165, 1.54) is 6.39 Å². The normalized spacial score (nSPS) is 10.7. The molecule has 0 saturated carbocycles. The van der Waals surface area contributed by atoms with Crippen molar-refractivity contribution in [3.8, 4) is 0 Å². The molecule has 0 radical (unpaired) electrons. The fraction of sp³-hybridized carbons (Fsp3) is 0.125. The van der Waals surface area contributed by atoms with Crippen molar-refractivity contribution in [2.45, 2.75) is 6.42 Å². The van der Waals surface area contributed by atoms with Crippen LogP contribution in [0.25, 0.3) is 11.1 Å². The molecule has 0 atom stereocenters. The maximum atomic E-state index is 11.9. The Morgan fingerprint density at radius 2 is 2.00 bits per heavy atom. The molecule has 0 aliphatic heterocycles. The quantitative estimate of drug-likeness (QED) is 0.803. The largest absolute Gasteiger partial charge is 0.443 e. The maximum Gasteiger partial charge on any atom is 0.251 e. The molecule has 2 aromatic carbocycles. The molecule has 1 heterocycles. The summed E-state index contributed by atoms with van der Waals surface area (Å²) in [6, 6.07) is 12.7. The third kappa shape index (κ3) is 3.23. The van der Waals surface area contributed by atoms with Gasteiger partial charge in [-0.1, -0.05) is 17.7 Å². The SMILES string of the molecule is O=C(NCCc1ccc2ncoc2c1)c1ccc(Cl)cc1. The van der Waals surface area contributed by atoms with Crippen molar-refractivity contribution in [3.05, 3.63) is 65.0 Å². The Labute approximate surface area is 126 Å². The van der Waals surface area contributed by atoms with E-state index in [2.05, 4.69) is 10.3 Å². The second-order valence-electron chi connectivity index (χ2n) is 4.67. The highest BCUT2D eigenvalue weighted by Crippen LogP contribution is 2.14. The average molecular weight is 301 g/mol. The Bertz CT molecular complexity index is 765. The number of amides is 1. The van der Waals surface area contributed by atoms with Crippen LogP contribution in [-0.4, -0.2) is 17.4 Å². The number of carbonyl (C=O) groups is 1. The molecular formula is C16H13ClN2O2. The molecule has 0 bridgehead atoms. The second-order valence-corrected chi connectivity index (χ2v) is 5.10. The van der Waals surface area contributed by atoms with Gasteiger partial charge in [-0.3, -0.25) is 4.79 Å². The van der Waals surface area contributed by atoms with Crippen LogP contribution in [-0.2, 0) is 6.42 Å². The van der Waals surface area contributed by atoms with Gasteiger partial charge in [-0.25, -0.2) is 4.98 Å². The standard InChI is InChI=1S/C16H13ClN2O2/c17-13-4-2-12(3-5-13)16(20)18-8-7-11-1-6-14-15(9-11)21-10-19-14/h1-6,9-10H,7-8H2,(H,18,20). The Morgan fingerprint density at radius 1 is 1.19 bits per heavy atom. The molecule has 106 valence electrons. The molecule has 5 heteroatoms. The zero-order valence-electron chi connectivity index (χ0n) is 11.2. The molecule has 0 unspecified atom stereocenters. The van der Waals surface area contributed by atoms with Crippen molar-refractivity contribution in [2.75, 3.05) is 6.54 Å². The van der Waals surface area contributed by atoms with Gasteiger partial charge in [-0.15, -0.1) is 0 Å². The van der Waals surface area contributed by atoms with E-state index in [0.717, 1.165) is 23.1 Å². The molecule has 0 spiro atoms. The summed E-state index contributed by atoms with van der Waals surface area (Å²) in [5, 5.41) is 3.50. The topological polar surface area (TPSA) is 55.1 Å². The van der Waals surface area contributed by atoms with E-state index in [0.29, 0.717) is 17.1 Å². The Morgan fingerprint density at radius 3 is 2.81 bits per heavy atom. The summed E-state index contributed by atoms with van der Waals surface area (Å²) in [5.74, 6) is -0.104. The number of benzene rings is 2. The number of halogens is 1. The molecule has 0 saturated heterocycles. The first-order valence-corrected chi connectivity index (χ1v) is 6.96. The molecule has 3 rings (SSSR count). The van der Waals surface area contributed by atoms with Gasteiger partial charge in [-0.2, -0.15) is 0 Å². The average Bonchev–Trinajstić information content (AvgIpc) is 2.95. The second kappa shape index (κ2) is 5.97. The van der Waals surface area contributed by atoms with Gasteiger partial charge in [0.25, 0.3) is 5.91 Å². The van der Waals surface area contributed by atoms with Gasteiger partial charge < -0.3 is 9.73 Å². The molecule has 0 aliphatic carbocycles. The molecule has 1 N–H and O–H groups in total. The molecule has 0 fully saturated rings. The van der Waals surface area contributed by atoms with Crippen LogP contribution in [0, 0.1) is 0 Å². The van der Waals surface area contributed by atoms with E-state index >= 15 is 0 Å². The van der Waals surface area contributed by atoms with Crippen LogP contribution >= 0.6 is 11.6 Å². The van der Waals surface area contributed by atoms with Crippen LogP contribution in [0.5, 0.6) is 0 Å². The molecule has 21 heavy (non-hydrogen) atoms. The van der Waals surface area contributed by atoms with E-state index in [-0.39, 0.29) is 5.91 Å². The van der Waals surface area contributed by atoms with Crippen molar-refractivity contribution in [1.29, 1.82) is 0 Å². The number of aromatic nitrogens is 1. The van der Waals surface area contributed by atoms with Crippen molar-refractivity contribution in [2.24, 2.45) is 0 Å². The van der Waals surface area contributed by atoms with Crippen LogP contribution in [0.15, 0.2) is 53.3 Å². The number of nitrogens with zero attached hydrogens (tertiary/aromatic N) is 1. The first-order chi connectivity index (χ1) is 10.2. The molecule has 4 nitrogen and oxygen atoms in total. The summed E-state index contributed by atoms with van der Waals surface area (Å²) in [7, 11) is 0. The van der Waals surface area contributed by atoms with Gasteiger partial charge in [-0.05, 0) is 48.4 Å². The summed E-state index contributed by atoms with van der Waals surface area (Å²) in [6.07, 6.45) is 2.16. The smallest absolute Gasteiger partial charge is 0.251 e. The fourth-order valence-corrected chi connectivity index (χ4v) is 2.20. The lowest BCUT2D eigenvalue weighted by Gasteiger charge is -2.05. The lowest BCUT2D eigenvalue weighted by molar-refractivity contribution is 0.0954. The van der Waals surface area contributed by atoms with E-state index in [1.807, 2.05) is 18.2 Å². The van der Waals surface area contributed by atoms with E-state index in [9.17, 15) is 4.79 Å². The van der Waals surface area contributed by atoms with Crippen molar-refractivity contribution in [1.82, 2.24) is 10.3 Å². The van der Waals surface area contributed by atoms with Gasteiger partial charge in [0.1, 0.15) is 5.52 Å². The fourth-order valence-electron chi connectivity index (χ4n) is 2.08. The summed E-state index contributed by atoms with van der Waals surface area (Å²) >= 11 is 5.79. The third-order valence-corrected chi connectivity index (χ3v) is 3.45. The Hall–Kier alpha value is -2.33. The maximum absolute atomic E-state index is 11.9. The van der Waals surface area contributed by atoms with Crippen LogP contribution < -0.4 is 5.32 Å².